The molecule has 2 fully saturated rings. The van der Waals surface area contributed by atoms with Crippen molar-refractivity contribution in [3.8, 4) is 0 Å². The second-order valence-electron chi connectivity index (χ2n) is 7.89. The number of hydrogen-bond donors (Lipinski definition) is 0. The lowest BCUT2D eigenvalue weighted by molar-refractivity contribution is -0.130. The molecule has 0 bridgehead atoms. The van der Waals surface area contributed by atoms with E-state index in [0.29, 0.717) is 24.1 Å². The van der Waals surface area contributed by atoms with Gasteiger partial charge in [0.15, 0.2) is 0 Å². The zero-order valence-corrected chi connectivity index (χ0v) is 15.4. The maximum Gasteiger partial charge on any atom is 0.339 e. The summed E-state index contributed by atoms with van der Waals surface area (Å²) in [6.45, 7) is 4.21. The molecule has 0 radical (unpaired) electrons. The van der Waals surface area contributed by atoms with Crippen LogP contribution in [0.25, 0.3) is 10.8 Å². The normalized spacial score (nSPS) is 21.1. The van der Waals surface area contributed by atoms with Crippen LogP contribution in [0.15, 0.2) is 30.3 Å². The summed E-state index contributed by atoms with van der Waals surface area (Å²) in [6.07, 6.45) is 3.85. The molecule has 2 aromatic rings. The van der Waals surface area contributed by atoms with Gasteiger partial charge in [-0.2, -0.15) is 0 Å². The van der Waals surface area contributed by atoms with Gasteiger partial charge in [0.05, 0.1) is 5.56 Å². The van der Waals surface area contributed by atoms with Gasteiger partial charge in [0.2, 0.25) is 5.91 Å². The summed E-state index contributed by atoms with van der Waals surface area (Å²) in [7, 11) is 0. The third-order valence-electron chi connectivity index (χ3n) is 6.30. The standard InChI is InChI=1S/C22H24N2O3/c25-20-5-2-10-24(20)17-8-11-23(12-9-17)13-15-6-7-16-14-27-22(26)19-4-1-3-18(15)21(16)19/h1,3-4,6-7,17H,2,5,8-14H2. The molecule has 5 heteroatoms. The lowest BCUT2D eigenvalue weighted by Gasteiger charge is -2.37. The molecule has 0 saturated carbocycles. The van der Waals surface area contributed by atoms with Crippen LogP contribution in [0.4, 0.5) is 0 Å². The van der Waals surface area contributed by atoms with Crippen LogP contribution in [0.5, 0.6) is 0 Å². The Bertz CT molecular complexity index is 915. The predicted octanol–water partition coefficient (Wildman–Crippen LogP) is 3.10. The second kappa shape index (κ2) is 6.64. The Labute approximate surface area is 158 Å². The fourth-order valence-electron chi connectivity index (χ4n) is 4.87. The Morgan fingerprint density at radius 2 is 1.89 bits per heavy atom. The molecule has 0 aromatic heterocycles. The third kappa shape index (κ3) is 2.90. The average molecular weight is 364 g/mol. The van der Waals surface area contributed by atoms with Gasteiger partial charge in [0, 0.05) is 44.0 Å². The average Bonchev–Trinajstić information content (AvgIpc) is 3.13. The highest BCUT2D eigenvalue weighted by Crippen LogP contribution is 2.32. The molecule has 1 amide bonds. The predicted molar refractivity (Wildman–Crippen MR) is 102 cm³/mol. The number of benzene rings is 2. The van der Waals surface area contributed by atoms with Crippen molar-refractivity contribution in [1.82, 2.24) is 9.80 Å². The minimum absolute atomic E-state index is 0.221. The lowest BCUT2D eigenvalue weighted by atomic mass is 9.93. The van der Waals surface area contributed by atoms with Crippen molar-refractivity contribution < 1.29 is 14.3 Å². The number of piperidine rings is 1. The van der Waals surface area contributed by atoms with E-state index in [9.17, 15) is 9.59 Å². The summed E-state index contributed by atoms with van der Waals surface area (Å²) >= 11 is 0. The summed E-state index contributed by atoms with van der Waals surface area (Å²) in [5, 5.41) is 2.22. The van der Waals surface area contributed by atoms with Gasteiger partial charge >= 0.3 is 5.97 Å². The molecule has 0 unspecified atom stereocenters. The van der Waals surface area contributed by atoms with Crippen molar-refractivity contribution in [2.45, 2.75) is 44.9 Å². The van der Waals surface area contributed by atoms with E-state index in [4.69, 9.17) is 4.74 Å². The molecule has 2 aromatic carbocycles. The number of carbonyl (C=O) groups excluding carboxylic acids is 2. The van der Waals surface area contributed by atoms with Gasteiger partial charge in [-0.15, -0.1) is 0 Å². The fourth-order valence-corrected chi connectivity index (χ4v) is 4.87. The molecule has 3 aliphatic rings. The zero-order chi connectivity index (χ0) is 18.4. The highest BCUT2D eigenvalue weighted by atomic mass is 16.5. The third-order valence-corrected chi connectivity index (χ3v) is 6.30. The maximum atomic E-state index is 12.1. The van der Waals surface area contributed by atoms with Crippen LogP contribution in [0.2, 0.25) is 0 Å². The van der Waals surface area contributed by atoms with Crippen LogP contribution in [0, 0.1) is 0 Å². The quantitative estimate of drug-likeness (QED) is 0.786. The van der Waals surface area contributed by atoms with Crippen molar-refractivity contribution >= 4 is 22.6 Å². The Morgan fingerprint density at radius 1 is 1.04 bits per heavy atom. The molecule has 0 aliphatic carbocycles. The molecule has 0 spiro atoms. The van der Waals surface area contributed by atoms with E-state index in [1.165, 1.54) is 10.9 Å². The number of ether oxygens (including phenoxy) is 1. The van der Waals surface area contributed by atoms with Crippen LogP contribution < -0.4 is 0 Å². The van der Waals surface area contributed by atoms with Gasteiger partial charge in [-0.3, -0.25) is 9.69 Å². The number of likely N-dealkylation sites (tertiary alicyclic amines) is 2. The van der Waals surface area contributed by atoms with Crippen molar-refractivity contribution in [3.63, 3.8) is 0 Å². The van der Waals surface area contributed by atoms with Crippen LogP contribution in [-0.2, 0) is 22.7 Å². The Morgan fingerprint density at radius 3 is 2.67 bits per heavy atom. The summed E-state index contributed by atoms with van der Waals surface area (Å²) in [5.41, 5.74) is 3.04. The molecular formula is C22H24N2O3. The number of nitrogens with zero attached hydrogens (tertiary/aromatic N) is 2. The molecule has 5 rings (SSSR count). The molecule has 0 N–H and O–H groups in total. The number of rotatable bonds is 3. The number of cyclic esters (lactones) is 1. The maximum absolute atomic E-state index is 12.1. The van der Waals surface area contributed by atoms with Crippen molar-refractivity contribution in [3.05, 3.63) is 47.0 Å². The van der Waals surface area contributed by atoms with E-state index in [-0.39, 0.29) is 5.97 Å². The molecule has 2 saturated heterocycles. The van der Waals surface area contributed by atoms with Gasteiger partial charge in [-0.05, 0) is 41.8 Å². The van der Waals surface area contributed by atoms with Gasteiger partial charge in [0.1, 0.15) is 6.61 Å². The number of esters is 1. The Hall–Kier alpha value is -2.40. The van der Waals surface area contributed by atoms with E-state index in [1.54, 1.807) is 0 Å². The van der Waals surface area contributed by atoms with Crippen molar-refractivity contribution in [2.75, 3.05) is 19.6 Å². The number of hydrogen-bond acceptors (Lipinski definition) is 4. The second-order valence-corrected chi connectivity index (χ2v) is 7.89. The lowest BCUT2D eigenvalue weighted by Crippen LogP contribution is -2.45. The van der Waals surface area contributed by atoms with Crippen LogP contribution >= 0.6 is 0 Å². The monoisotopic (exact) mass is 364 g/mol. The van der Waals surface area contributed by atoms with Crippen LogP contribution in [0.3, 0.4) is 0 Å². The zero-order valence-electron chi connectivity index (χ0n) is 15.4. The molecule has 0 atom stereocenters. The highest BCUT2D eigenvalue weighted by Gasteiger charge is 2.31. The summed E-state index contributed by atoms with van der Waals surface area (Å²) in [5.74, 6) is 0.116. The smallest absolute Gasteiger partial charge is 0.339 e. The SMILES string of the molecule is O=C1OCc2ccc(CN3CCC(N4CCCC4=O)CC3)c3cccc1c23. The summed E-state index contributed by atoms with van der Waals surface area (Å²) in [4.78, 5) is 28.7. The van der Waals surface area contributed by atoms with Crippen LogP contribution in [0.1, 0.15) is 47.2 Å². The fraction of sp³-hybridized carbons (Fsp3) is 0.455. The molecule has 140 valence electrons. The summed E-state index contributed by atoms with van der Waals surface area (Å²) < 4.78 is 5.27. The Balaban J connectivity index is 1.34. The molecule has 3 heterocycles. The van der Waals surface area contributed by atoms with Gasteiger partial charge in [-0.1, -0.05) is 24.3 Å². The first kappa shape index (κ1) is 16.8. The number of carbonyl (C=O) groups is 2. The van der Waals surface area contributed by atoms with Gasteiger partial charge in [-0.25, -0.2) is 4.79 Å². The van der Waals surface area contributed by atoms with Crippen molar-refractivity contribution in [1.29, 1.82) is 0 Å². The Kier molecular flexibility index (Phi) is 4.12. The summed E-state index contributed by atoms with van der Waals surface area (Å²) in [6, 6.07) is 10.6. The van der Waals surface area contributed by atoms with E-state index in [0.717, 1.165) is 62.8 Å². The molecular weight excluding hydrogens is 340 g/mol. The topological polar surface area (TPSA) is 49.9 Å². The van der Waals surface area contributed by atoms with Crippen molar-refractivity contribution in [2.24, 2.45) is 0 Å². The first-order valence-corrected chi connectivity index (χ1v) is 9.93. The minimum atomic E-state index is -0.221. The van der Waals surface area contributed by atoms with E-state index in [2.05, 4.69) is 28.0 Å². The first-order valence-electron chi connectivity index (χ1n) is 9.93. The van der Waals surface area contributed by atoms with E-state index in [1.807, 2.05) is 12.1 Å². The first-order chi connectivity index (χ1) is 13.2. The number of amides is 1. The molecule has 27 heavy (non-hydrogen) atoms. The molecule has 5 nitrogen and oxygen atoms in total. The minimum Gasteiger partial charge on any atom is -0.457 e. The van der Waals surface area contributed by atoms with Gasteiger partial charge in [0.25, 0.3) is 0 Å². The largest absolute Gasteiger partial charge is 0.457 e. The highest BCUT2D eigenvalue weighted by molar-refractivity contribution is 6.08. The van der Waals surface area contributed by atoms with Gasteiger partial charge < -0.3 is 9.64 Å². The van der Waals surface area contributed by atoms with E-state index >= 15 is 0 Å². The van der Waals surface area contributed by atoms with Crippen LogP contribution in [-0.4, -0.2) is 47.4 Å². The van der Waals surface area contributed by atoms with E-state index < -0.39 is 0 Å². The molecule has 3 aliphatic heterocycles.